The quantitative estimate of drug-likeness (QED) is 0.450. The minimum Gasteiger partial charge on any atom is -0.328 e. The van der Waals surface area contributed by atoms with E-state index in [4.69, 9.17) is 5.73 Å². The lowest BCUT2D eigenvalue weighted by Gasteiger charge is -2.21. The van der Waals surface area contributed by atoms with Crippen LogP contribution >= 0.6 is 22.6 Å². The zero-order chi connectivity index (χ0) is 11.6. The summed E-state index contributed by atoms with van der Waals surface area (Å²) < 4.78 is -0.270. The van der Waals surface area contributed by atoms with Crippen molar-refractivity contribution in [2.24, 2.45) is 11.7 Å². The maximum atomic E-state index is 11.7. The first-order valence-corrected chi connectivity index (χ1v) is 5.86. The topological polar surface area (TPSA) is 80.5 Å². The van der Waals surface area contributed by atoms with Crippen LogP contribution in [0.3, 0.4) is 0 Å². The number of imide groups is 1. The molecule has 2 amide bonds. The van der Waals surface area contributed by atoms with E-state index in [2.05, 4.69) is 0 Å². The third-order valence-electron chi connectivity index (χ3n) is 2.57. The Bertz CT molecular complexity index is 306. The molecule has 1 heterocycles. The zero-order valence-corrected chi connectivity index (χ0v) is 10.6. The molecule has 2 unspecified atom stereocenters. The summed E-state index contributed by atoms with van der Waals surface area (Å²) in [5.74, 6) is -0.822. The number of halogens is 1. The van der Waals surface area contributed by atoms with Crippen molar-refractivity contribution >= 4 is 38.2 Å². The fourth-order valence-electron chi connectivity index (χ4n) is 1.66. The minimum atomic E-state index is -0.790. The van der Waals surface area contributed by atoms with Crippen LogP contribution in [0.2, 0.25) is 0 Å². The van der Waals surface area contributed by atoms with Gasteiger partial charge in [0.1, 0.15) is 6.04 Å². The molecule has 1 saturated heterocycles. The first-order valence-electron chi connectivity index (χ1n) is 4.78. The Balaban J connectivity index is 2.90. The lowest BCUT2D eigenvalue weighted by Crippen LogP contribution is -2.47. The van der Waals surface area contributed by atoms with Gasteiger partial charge >= 0.3 is 0 Å². The molecule has 15 heavy (non-hydrogen) atoms. The normalized spacial score (nSPS) is 23.4. The van der Waals surface area contributed by atoms with Crippen molar-refractivity contribution in [1.29, 1.82) is 0 Å². The highest BCUT2D eigenvalue weighted by Crippen LogP contribution is 2.25. The van der Waals surface area contributed by atoms with Gasteiger partial charge in [-0.05, 0) is 6.42 Å². The molecule has 5 nitrogen and oxygen atoms in total. The maximum Gasteiger partial charge on any atom is 0.233 e. The first kappa shape index (κ1) is 12.6. The van der Waals surface area contributed by atoms with Gasteiger partial charge < -0.3 is 5.73 Å². The van der Waals surface area contributed by atoms with Crippen LogP contribution in [0.1, 0.15) is 19.8 Å². The van der Waals surface area contributed by atoms with E-state index in [0.717, 1.165) is 4.90 Å². The molecule has 0 aliphatic carbocycles. The molecule has 0 radical (unpaired) electrons. The van der Waals surface area contributed by atoms with Crippen LogP contribution in [0.4, 0.5) is 0 Å². The summed E-state index contributed by atoms with van der Waals surface area (Å²) >= 11 is 1.57. The van der Waals surface area contributed by atoms with Crippen molar-refractivity contribution in [2.75, 3.05) is 6.54 Å². The summed E-state index contributed by atoms with van der Waals surface area (Å²) in [6, 6.07) is -0.790. The molecule has 6 heteroatoms. The van der Waals surface area contributed by atoms with Crippen molar-refractivity contribution in [2.45, 2.75) is 25.8 Å². The highest BCUT2D eigenvalue weighted by atomic mass is 127. The van der Waals surface area contributed by atoms with Crippen LogP contribution in [-0.2, 0) is 14.4 Å². The predicted octanol–water partition coefficient (Wildman–Crippen LogP) is 0.0604. The molecule has 1 aliphatic heterocycles. The van der Waals surface area contributed by atoms with Crippen LogP contribution in [0.5, 0.6) is 0 Å². The number of nitrogens with two attached hydrogens (primary N) is 1. The van der Waals surface area contributed by atoms with Gasteiger partial charge in [0.2, 0.25) is 15.6 Å². The second-order valence-corrected chi connectivity index (χ2v) is 4.53. The van der Waals surface area contributed by atoms with Crippen LogP contribution in [0.15, 0.2) is 0 Å². The fraction of sp³-hybridized carbons (Fsp3) is 0.667. The van der Waals surface area contributed by atoms with E-state index in [1.54, 1.807) is 22.6 Å². The number of carbonyl (C=O) groups is 3. The second-order valence-electron chi connectivity index (χ2n) is 3.47. The molecule has 0 saturated carbocycles. The van der Waals surface area contributed by atoms with Crippen molar-refractivity contribution in [1.82, 2.24) is 4.90 Å². The van der Waals surface area contributed by atoms with E-state index in [-0.39, 0.29) is 34.5 Å². The highest BCUT2D eigenvalue weighted by molar-refractivity contribution is 14.1. The van der Waals surface area contributed by atoms with Gasteiger partial charge in [-0.2, -0.15) is 0 Å². The van der Waals surface area contributed by atoms with E-state index in [9.17, 15) is 14.4 Å². The van der Waals surface area contributed by atoms with Gasteiger partial charge in [-0.25, -0.2) is 0 Å². The number of nitrogens with zero attached hydrogens (tertiary/aromatic N) is 1. The minimum absolute atomic E-state index is 0.00428. The third-order valence-corrected chi connectivity index (χ3v) is 3.29. The Labute approximate surface area is 101 Å². The average Bonchev–Trinajstić information content (AvgIpc) is 2.45. The smallest absolute Gasteiger partial charge is 0.233 e. The Morgan fingerprint density at radius 2 is 2.27 bits per heavy atom. The molecule has 1 fully saturated rings. The maximum absolute atomic E-state index is 11.7. The lowest BCUT2D eigenvalue weighted by molar-refractivity contribution is -0.144. The largest absolute Gasteiger partial charge is 0.328 e. The molecule has 2 N–H and O–H groups in total. The van der Waals surface area contributed by atoms with Gasteiger partial charge in [-0.3, -0.25) is 19.3 Å². The van der Waals surface area contributed by atoms with E-state index in [1.165, 1.54) is 0 Å². The molecule has 84 valence electrons. The first-order chi connectivity index (χ1) is 7.02. The van der Waals surface area contributed by atoms with E-state index < -0.39 is 6.04 Å². The van der Waals surface area contributed by atoms with Gasteiger partial charge in [-0.15, -0.1) is 0 Å². The van der Waals surface area contributed by atoms with Gasteiger partial charge in [0, 0.05) is 41.5 Å². The standard InChI is InChI=1S/C9H13IN2O3/c1-2-5-3-7(13)12(9(5)15)6(4-11)8(10)14/h5-6H,2-4,11H2,1H3. The van der Waals surface area contributed by atoms with Crippen molar-refractivity contribution < 1.29 is 14.4 Å². The highest BCUT2D eigenvalue weighted by Gasteiger charge is 2.42. The van der Waals surface area contributed by atoms with Crippen LogP contribution in [-0.4, -0.2) is 33.1 Å². The number of amides is 2. The molecule has 2 atom stereocenters. The van der Waals surface area contributed by atoms with E-state index in [1.807, 2.05) is 6.92 Å². The fourth-order valence-corrected chi connectivity index (χ4v) is 2.19. The summed E-state index contributed by atoms with van der Waals surface area (Å²) in [7, 11) is 0. The monoisotopic (exact) mass is 324 g/mol. The van der Waals surface area contributed by atoms with Crippen LogP contribution in [0.25, 0.3) is 0 Å². The molecule has 0 aromatic rings. The summed E-state index contributed by atoms with van der Waals surface area (Å²) in [5, 5.41) is 0. The molecular formula is C9H13IN2O3. The number of hydrogen-bond donors (Lipinski definition) is 1. The molecule has 1 rings (SSSR count). The van der Waals surface area contributed by atoms with E-state index in [0.29, 0.717) is 6.42 Å². The Morgan fingerprint density at radius 3 is 2.60 bits per heavy atom. The van der Waals surface area contributed by atoms with Crippen molar-refractivity contribution in [3.8, 4) is 0 Å². The zero-order valence-electron chi connectivity index (χ0n) is 8.40. The molecule has 0 spiro atoms. The average molecular weight is 324 g/mol. The summed E-state index contributed by atoms with van der Waals surface area (Å²) in [5.41, 5.74) is 5.39. The molecule has 0 bridgehead atoms. The molecule has 0 aromatic heterocycles. The van der Waals surface area contributed by atoms with Gasteiger partial charge in [0.25, 0.3) is 0 Å². The number of hydrogen-bond acceptors (Lipinski definition) is 4. The Morgan fingerprint density at radius 1 is 1.67 bits per heavy atom. The summed E-state index contributed by atoms with van der Waals surface area (Å²) in [6.45, 7) is 1.85. The Hall–Kier alpha value is -0.500. The van der Waals surface area contributed by atoms with Crippen LogP contribution in [0, 0.1) is 5.92 Å². The van der Waals surface area contributed by atoms with Gasteiger partial charge in [0.05, 0.1) is 0 Å². The van der Waals surface area contributed by atoms with Gasteiger partial charge in [-0.1, -0.05) is 6.92 Å². The summed E-state index contributed by atoms with van der Waals surface area (Å²) in [4.78, 5) is 35.5. The lowest BCUT2D eigenvalue weighted by atomic mass is 10.1. The second kappa shape index (κ2) is 5.02. The summed E-state index contributed by atoms with van der Waals surface area (Å²) in [6.07, 6.45) is 0.823. The molecule has 1 aliphatic rings. The number of carbonyl (C=O) groups excluding carboxylic acids is 3. The number of rotatable bonds is 4. The number of likely N-dealkylation sites (tertiary alicyclic amines) is 1. The SMILES string of the molecule is CCC1CC(=O)N(C(CN)C(=O)I)C1=O. The van der Waals surface area contributed by atoms with Crippen LogP contribution < -0.4 is 5.73 Å². The Kier molecular flexibility index (Phi) is 4.21. The van der Waals surface area contributed by atoms with Crippen molar-refractivity contribution in [3.63, 3.8) is 0 Å². The van der Waals surface area contributed by atoms with Crippen molar-refractivity contribution in [3.05, 3.63) is 0 Å². The van der Waals surface area contributed by atoms with E-state index >= 15 is 0 Å². The molecular weight excluding hydrogens is 311 g/mol. The third kappa shape index (κ3) is 2.36. The van der Waals surface area contributed by atoms with Gasteiger partial charge in [0.15, 0.2) is 0 Å². The predicted molar refractivity (Wildman–Crippen MR) is 62.1 cm³/mol. The molecule has 0 aromatic carbocycles.